The predicted octanol–water partition coefficient (Wildman–Crippen LogP) is 0.607. The fourth-order valence-corrected chi connectivity index (χ4v) is 0.721. The van der Waals surface area contributed by atoms with Crippen molar-refractivity contribution in [3.63, 3.8) is 0 Å². The van der Waals surface area contributed by atoms with E-state index in [0.717, 1.165) is 26.6 Å². The molecular formula is C8H14N2O2. The molecule has 0 fully saturated rings. The Balaban J connectivity index is 0.000000261. The average Bonchev–Trinajstić information content (AvgIpc) is 2.39. The first kappa shape index (κ1) is 10.7. The number of carboxylic acids is 1. The largest absolute Gasteiger partial charge is 0.481 e. The smallest absolute Gasteiger partial charge is 0.300 e. The first-order valence-corrected chi connectivity index (χ1v) is 3.71. The summed E-state index contributed by atoms with van der Waals surface area (Å²) < 4.78 is 0. The fraction of sp³-hybridized carbons (Fsp3) is 0.500. The van der Waals surface area contributed by atoms with Gasteiger partial charge in [0, 0.05) is 20.0 Å². The van der Waals surface area contributed by atoms with E-state index < -0.39 is 5.97 Å². The van der Waals surface area contributed by atoms with Gasteiger partial charge in [-0.15, -0.1) is 6.58 Å². The molecule has 1 heterocycles. The van der Waals surface area contributed by atoms with E-state index in [9.17, 15) is 0 Å². The van der Waals surface area contributed by atoms with E-state index in [1.165, 1.54) is 0 Å². The Kier molecular flexibility index (Phi) is 5.69. The molecule has 1 rings (SSSR count). The van der Waals surface area contributed by atoms with Crippen molar-refractivity contribution in [3.8, 4) is 0 Å². The average molecular weight is 170 g/mol. The van der Waals surface area contributed by atoms with Gasteiger partial charge in [0.15, 0.2) is 0 Å². The van der Waals surface area contributed by atoms with Gasteiger partial charge in [0.2, 0.25) is 0 Å². The zero-order valence-corrected chi connectivity index (χ0v) is 7.23. The summed E-state index contributed by atoms with van der Waals surface area (Å²) in [5.74, 6) is -0.833. The maximum Gasteiger partial charge on any atom is 0.300 e. The van der Waals surface area contributed by atoms with Crippen molar-refractivity contribution in [3.05, 3.63) is 12.7 Å². The summed E-state index contributed by atoms with van der Waals surface area (Å²) in [6, 6.07) is 0. The molecule has 4 nitrogen and oxygen atoms in total. The fourth-order valence-electron chi connectivity index (χ4n) is 0.721. The maximum atomic E-state index is 9.00. The van der Waals surface area contributed by atoms with Gasteiger partial charge in [-0.05, 0) is 0 Å². The highest BCUT2D eigenvalue weighted by Gasteiger charge is 1.99. The Bertz CT molecular complexity index is 174. The van der Waals surface area contributed by atoms with Crippen molar-refractivity contribution in [1.82, 2.24) is 4.90 Å². The van der Waals surface area contributed by atoms with Crippen molar-refractivity contribution in [2.45, 2.75) is 6.92 Å². The third kappa shape index (κ3) is 6.80. The summed E-state index contributed by atoms with van der Waals surface area (Å²) >= 11 is 0. The lowest BCUT2D eigenvalue weighted by Gasteiger charge is -2.08. The van der Waals surface area contributed by atoms with Crippen molar-refractivity contribution in [2.75, 3.05) is 19.6 Å². The van der Waals surface area contributed by atoms with Crippen LogP contribution in [0.5, 0.6) is 0 Å². The molecule has 0 saturated heterocycles. The van der Waals surface area contributed by atoms with E-state index in [0.29, 0.717) is 0 Å². The van der Waals surface area contributed by atoms with Crippen LogP contribution in [0.4, 0.5) is 0 Å². The van der Waals surface area contributed by atoms with Gasteiger partial charge in [-0.1, -0.05) is 6.08 Å². The first-order chi connectivity index (χ1) is 5.66. The highest BCUT2D eigenvalue weighted by atomic mass is 16.4. The van der Waals surface area contributed by atoms with Crippen LogP contribution < -0.4 is 0 Å². The van der Waals surface area contributed by atoms with E-state index in [4.69, 9.17) is 9.90 Å². The molecule has 4 heteroatoms. The molecule has 0 aromatic rings. The number of hydrogen-bond donors (Lipinski definition) is 1. The Labute approximate surface area is 72.2 Å². The second-order valence-electron chi connectivity index (χ2n) is 2.32. The molecule has 1 aliphatic heterocycles. The lowest BCUT2D eigenvalue weighted by molar-refractivity contribution is -0.134. The number of nitrogens with zero attached hydrogens (tertiary/aromatic N) is 2. The van der Waals surface area contributed by atoms with E-state index in [1.807, 2.05) is 12.4 Å². The topological polar surface area (TPSA) is 52.9 Å². The number of aliphatic imine (C=N–C) groups is 1. The van der Waals surface area contributed by atoms with Gasteiger partial charge in [0.1, 0.15) is 0 Å². The lowest BCUT2D eigenvalue weighted by Crippen LogP contribution is -2.18. The molecule has 68 valence electrons. The summed E-state index contributed by atoms with van der Waals surface area (Å²) in [4.78, 5) is 15.2. The van der Waals surface area contributed by atoms with Gasteiger partial charge in [0.05, 0.1) is 12.9 Å². The molecule has 0 unspecified atom stereocenters. The number of rotatable bonds is 2. The third-order valence-electron chi connectivity index (χ3n) is 1.12. The molecular weight excluding hydrogens is 156 g/mol. The summed E-state index contributed by atoms with van der Waals surface area (Å²) in [7, 11) is 0. The molecule has 12 heavy (non-hydrogen) atoms. The predicted molar refractivity (Wildman–Crippen MR) is 48.4 cm³/mol. The second kappa shape index (κ2) is 6.39. The molecule has 0 saturated carbocycles. The highest BCUT2D eigenvalue weighted by molar-refractivity contribution is 5.62. The molecule has 1 N–H and O–H groups in total. The van der Waals surface area contributed by atoms with Crippen molar-refractivity contribution >= 4 is 12.3 Å². The zero-order chi connectivity index (χ0) is 9.40. The standard InChI is InChI=1S/C6H10N2.C2H4O2/c1-2-4-8-5-3-7-6-8;1-2(3)4/h2,6H,1,3-5H2;1H3,(H,3,4). The van der Waals surface area contributed by atoms with Crippen LogP contribution >= 0.6 is 0 Å². The zero-order valence-electron chi connectivity index (χ0n) is 7.23. The minimum absolute atomic E-state index is 0.833. The first-order valence-electron chi connectivity index (χ1n) is 3.71. The molecule has 0 spiro atoms. The van der Waals surface area contributed by atoms with Crippen LogP contribution in [0, 0.1) is 0 Å². The van der Waals surface area contributed by atoms with Gasteiger partial charge in [-0.25, -0.2) is 0 Å². The van der Waals surface area contributed by atoms with Crippen LogP contribution in [0.3, 0.4) is 0 Å². The van der Waals surface area contributed by atoms with Gasteiger partial charge >= 0.3 is 0 Å². The van der Waals surface area contributed by atoms with Crippen molar-refractivity contribution in [1.29, 1.82) is 0 Å². The Hall–Kier alpha value is -1.32. The van der Waals surface area contributed by atoms with Crippen LogP contribution in [-0.2, 0) is 4.79 Å². The molecule has 0 bridgehead atoms. The minimum atomic E-state index is -0.833. The number of carbonyl (C=O) groups is 1. The maximum absolute atomic E-state index is 9.00. The second-order valence-corrected chi connectivity index (χ2v) is 2.32. The lowest BCUT2D eigenvalue weighted by atomic mass is 10.5. The monoisotopic (exact) mass is 170 g/mol. The number of carboxylic acid groups (broad SMARTS) is 1. The molecule has 0 atom stereocenters. The van der Waals surface area contributed by atoms with Crippen LogP contribution in [0.1, 0.15) is 6.92 Å². The molecule has 0 aliphatic carbocycles. The summed E-state index contributed by atoms with van der Waals surface area (Å²) in [6.45, 7) is 7.65. The van der Waals surface area contributed by atoms with Crippen LogP contribution in [0.25, 0.3) is 0 Å². The quantitative estimate of drug-likeness (QED) is 0.618. The summed E-state index contributed by atoms with van der Waals surface area (Å²) in [5.41, 5.74) is 0. The van der Waals surface area contributed by atoms with Gasteiger partial charge in [-0.2, -0.15) is 0 Å². The molecule has 0 aromatic heterocycles. The Morgan fingerprint density at radius 2 is 2.50 bits per heavy atom. The van der Waals surface area contributed by atoms with Crippen LogP contribution in [0.15, 0.2) is 17.6 Å². The summed E-state index contributed by atoms with van der Waals surface area (Å²) in [6.07, 6.45) is 3.76. The number of hydrogen-bond acceptors (Lipinski definition) is 3. The van der Waals surface area contributed by atoms with Crippen LogP contribution in [-0.4, -0.2) is 41.9 Å². The van der Waals surface area contributed by atoms with E-state index in [1.54, 1.807) is 0 Å². The van der Waals surface area contributed by atoms with Crippen LogP contribution in [0.2, 0.25) is 0 Å². The highest BCUT2D eigenvalue weighted by Crippen LogP contribution is 1.90. The van der Waals surface area contributed by atoms with Gasteiger partial charge < -0.3 is 10.0 Å². The Morgan fingerprint density at radius 1 is 1.92 bits per heavy atom. The van der Waals surface area contributed by atoms with Gasteiger partial charge in [-0.3, -0.25) is 9.79 Å². The van der Waals surface area contributed by atoms with Crippen molar-refractivity contribution in [2.24, 2.45) is 4.99 Å². The molecule has 0 radical (unpaired) electrons. The normalized spacial score (nSPS) is 13.6. The summed E-state index contributed by atoms with van der Waals surface area (Å²) in [5, 5.41) is 7.42. The SMILES string of the molecule is C=CCN1C=NCC1.CC(=O)O. The van der Waals surface area contributed by atoms with E-state index in [2.05, 4.69) is 16.5 Å². The van der Waals surface area contributed by atoms with Crippen molar-refractivity contribution < 1.29 is 9.90 Å². The third-order valence-corrected chi connectivity index (χ3v) is 1.12. The van der Waals surface area contributed by atoms with E-state index >= 15 is 0 Å². The molecule has 1 aliphatic rings. The minimum Gasteiger partial charge on any atom is -0.481 e. The number of aliphatic carboxylic acids is 1. The molecule has 0 amide bonds. The molecule has 0 aromatic carbocycles. The van der Waals surface area contributed by atoms with E-state index in [-0.39, 0.29) is 0 Å². The van der Waals surface area contributed by atoms with Gasteiger partial charge in [0.25, 0.3) is 5.97 Å². The Morgan fingerprint density at radius 3 is 2.83 bits per heavy atom.